The number of hydrogen-bond donors (Lipinski definition) is 3. The highest BCUT2D eigenvalue weighted by Crippen LogP contribution is 2.34. The first-order chi connectivity index (χ1) is 15.5. The van der Waals surface area contributed by atoms with Crippen molar-refractivity contribution in [3.8, 4) is 29.1 Å². The molecule has 0 spiro atoms. The van der Waals surface area contributed by atoms with Gasteiger partial charge in [-0.05, 0) is 29.1 Å². The van der Waals surface area contributed by atoms with E-state index in [2.05, 4.69) is 21.8 Å². The molecule has 160 valence electrons. The summed E-state index contributed by atoms with van der Waals surface area (Å²) in [5.41, 5.74) is 14.4. The molecule has 7 heteroatoms. The summed E-state index contributed by atoms with van der Waals surface area (Å²) < 4.78 is 11.1. The molecule has 0 amide bonds. The summed E-state index contributed by atoms with van der Waals surface area (Å²) in [5.74, 6) is 7.85. The molecule has 0 radical (unpaired) electrons. The average Bonchev–Trinajstić information content (AvgIpc) is 2.79. The number of phenolic OH excluding ortho intramolecular Hbond substituents is 1. The second-order valence-electron chi connectivity index (χ2n) is 7.13. The molecule has 4 rings (SSSR count). The van der Waals surface area contributed by atoms with Crippen LogP contribution in [-0.4, -0.2) is 29.3 Å². The van der Waals surface area contributed by atoms with Gasteiger partial charge < -0.3 is 26.0 Å². The van der Waals surface area contributed by atoms with Crippen LogP contribution >= 0.6 is 0 Å². The van der Waals surface area contributed by atoms with Crippen molar-refractivity contribution in [1.82, 2.24) is 9.97 Å². The fourth-order valence-electron chi connectivity index (χ4n) is 3.53. The first-order valence-corrected chi connectivity index (χ1v) is 9.84. The molecule has 3 aromatic carbocycles. The summed E-state index contributed by atoms with van der Waals surface area (Å²) in [6, 6.07) is 15.0. The molecule has 0 fully saturated rings. The minimum atomic E-state index is 0.116. The van der Waals surface area contributed by atoms with Gasteiger partial charge in [0.15, 0.2) is 11.5 Å². The smallest absolute Gasteiger partial charge is 0.221 e. The van der Waals surface area contributed by atoms with E-state index in [1.807, 2.05) is 42.5 Å². The number of benzene rings is 3. The molecule has 0 bridgehead atoms. The second kappa shape index (κ2) is 8.74. The predicted molar refractivity (Wildman–Crippen MR) is 125 cm³/mol. The highest BCUT2D eigenvalue weighted by molar-refractivity contribution is 5.90. The lowest BCUT2D eigenvalue weighted by atomic mass is 10.0. The van der Waals surface area contributed by atoms with E-state index in [0.29, 0.717) is 34.9 Å². The van der Waals surface area contributed by atoms with Crippen molar-refractivity contribution in [3.63, 3.8) is 0 Å². The van der Waals surface area contributed by atoms with Crippen LogP contribution in [0.1, 0.15) is 22.3 Å². The van der Waals surface area contributed by atoms with Crippen molar-refractivity contribution < 1.29 is 14.6 Å². The Hall–Kier alpha value is -4.44. The van der Waals surface area contributed by atoms with Gasteiger partial charge in [-0.2, -0.15) is 4.98 Å². The van der Waals surface area contributed by atoms with Crippen LogP contribution in [0.4, 0.5) is 11.8 Å². The number of nitrogens with two attached hydrogens (primary N) is 2. The standard InChI is InChI=1S/C25H22N4O3/c1-31-22-13-15(12-18-14-28-25(27)29-24(18)26)11-17(23(22)32-2)7-9-20-19-6-4-3-5-16(19)8-10-21(20)30/h3-6,8,10-11,13-14,30H,12H2,1-2H3,(H4,26,27,28,29). The van der Waals surface area contributed by atoms with E-state index in [0.717, 1.165) is 21.9 Å². The van der Waals surface area contributed by atoms with Crippen molar-refractivity contribution >= 4 is 22.5 Å². The zero-order valence-electron chi connectivity index (χ0n) is 17.7. The number of phenols is 1. The van der Waals surface area contributed by atoms with Gasteiger partial charge in [-0.15, -0.1) is 0 Å². The van der Waals surface area contributed by atoms with E-state index in [1.165, 1.54) is 0 Å². The highest BCUT2D eigenvalue weighted by Gasteiger charge is 2.13. The predicted octanol–water partition coefficient (Wildman–Crippen LogP) is 3.51. The Balaban J connectivity index is 1.81. The molecule has 0 saturated carbocycles. The first kappa shape index (κ1) is 20.8. The topological polar surface area (TPSA) is 117 Å². The van der Waals surface area contributed by atoms with Gasteiger partial charge in [0.1, 0.15) is 11.6 Å². The zero-order chi connectivity index (χ0) is 22.7. The summed E-state index contributed by atoms with van der Waals surface area (Å²) in [7, 11) is 3.12. The molecule has 0 aliphatic rings. The Labute approximate surface area is 185 Å². The van der Waals surface area contributed by atoms with Crippen LogP contribution < -0.4 is 20.9 Å². The van der Waals surface area contributed by atoms with Crippen LogP contribution in [-0.2, 0) is 6.42 Å². The highest BCUT2D eigenvalue weighted by atomic mass is 16.5. The molecule has 0 saturated heterocycles. The third kappa shape index (κ3) is 4.07. The average molecular weight is 426 g/mol. The number of nitrogens with zero attached hydrogens (tertiary/aromatic N) is 2. The number of hydrogen-bond acceptors (Lipinski definition) is 7. The molecule has 1 aromatic heterocycles. The Morgan fingerprint density at radius 2 is 1.81 bits per heavy atom. The lowest BCUT2D eigenvalue weighted by Gasteiger charge is -2.13. The molecule has 1 heterocycles. The molecule has 0 atom stereocenters. The van der Waals surface area contributed by atoms with Crippen LogP contribution in [0.5, 0.6) is 17.2 Å². The Bertz CT molecular complexity index is 1370. The zero-order valence-corrected chi connectivity index (χ0v) is 17.7. The van der Waals surface area contributed by atoms with E-state index in [9.17, 15) is 5.11 Å². The summed E-state index contributed by atoms with van der Waals surface area (Å²) in [5, 5.41) is 12.3. The fraction of sp³-hybridized carbons (Fsp3) is 0.120. The van der Waals surface area contributed by atoms with Gasteiger partial charge in [0.25, 0.3) is 0 Å². The fourth-order valence-corrected chi connectivity index (χ4v) is 3.53. The van der Waals surface area contributed by atoms with E-state index >= 15 is 0 Å². The summed E-state index contributed by atoms with van der Waals surface area (Å²) in [6.07, 6.45) is 2.06. The van der Waals surface area contributed by atoms with Gasteiger partial charge in [0, 0.05) is 23.6 Å². The lowest BCUT2D eigenvalue weighted by molar-refractivity contribution is 0.354. The van der Waals surface area contributed by atoms with Gasteiger partial charge in [0.05, 0.1) is 25.3 Å². The number of aromatic hydroxyl groups is 1. The summed E-state index contributed by atoms with van der Waals surface area (Å²) >= 11 is 0. The quantitative estimate of drug-likeness (QED) is 0.428. The maximum atomic E-state index is 10.4. The Morgan fingerprint density at radius 3 is 2.56 bits per heavy atom. The summed E-state index contributed by atoms with van der Waals surface area (Å²) in [6.45, 7) is 0. The van der Waals surface area contributed by atoms with Crippen LogP contribution in [0, 0.1) is 11.8 Å². The third-order valence-corrected chi connectivity index (χ3v) is 5.08. The molecular formula is C25H22N4O3. The number of aromatic nitrogens is 2. The number of nitrogen functional groups attached to an aromatic ring is 2. The minimum absolute atomic E-state index is 0.116. The molecule has 0 aliphatic heterocycles. The Kier molecular flexibility index (Phi) is 5.69. The van der Waals surface area contributed by atoms with E-state index in [-0.39, 0.29) is 11.7 Å². The Morgan fingerprint density at radius 1 is 1.00 bits per heavy atom. The molecule has 5 N–H and O–H groups in total. The van der Waals surface area contributed by atoms with Gasteiger partial charge >= 0.3 is 0 Å². The normalized spacial score (nSPS) is 10.4. The minimum Gasteiger partial charge on any atom is -0.507 e. The van der Waals surface area contributed by atoms with Gasteiger partial charge in [-0.1, -0.05) is 42.2 Å². The van der Waals surface area contributed by atoms with Crippen molar-refractivity contribution in [1.29, 1.82) is 0 Å². The van der Waals surface area contributed by atoms with E-state index in [4.69, 9.17) is 20.9 Å². The SMILES string of the molecule is COc1cc(Cc2cnc(N)nc2N)cc(C#Cc2c(O)ccc3ccccc23)c1OC. The number of ether oxygens (including phenoxy) is 2. The molecule has 0 aliphatic carbocycles. The largest absolute Gasteiger partial charge is 0.507 e. The lowest BCUT2D eigenvalue weighted by Crippen LogP contribution is -2.04. The number of methoxy groups -OCH3 is 2. The molecule has 32 heavy (non-hydrogen) atoms. The number of anilines is 2. The second-order valence-corrected chi connectivity index (χ2v) is 7.13. The van der Waals surface area contributed by atoms with Crippen molar-refractivity contribution in [2.24, 2.45) is 0 Å². The van der Waals surface area contributed by atoms with Crippen molar-refractivity contribution in [2.75, 3.05) is 25.7 Å². The van der Waals surface area contributed by atoms with Gasteiger partial charge in [-0.25, -0.2) is 4.98 Å². The maximum Gasteiger partial charge on any atom is 0.221 e. The first-order valence-electron chi connectivity index (χ1n) is 9.84. The van der Waals surface area contributed by atoms with E-state index < -0.39 is 0 Å². The van der Waals surface area contributed by atoms with Crippen molar-refractivity contribution in [2.45, 2.75) is 6.42 Å². The van der Waals surface area contributed by atoms with Gasteiger partial charge in [0.2, 0.25) is 5.95 Å². The monoisotopic (exact) mass is 426 g/mol. The van der Waals surface area contributed by atoms with Gasteiger partial charge in [-0.3, -0.25) is 0 Å². The van der Waals surface area contributed by atoms with Crippen molar-refractivity contribution in [3.05, 3.63) is 77.0 Å². The molecular weight excluding hydrogens is 404 g/mol. The van der Waals surface area contributed by atoms with Crippen LogP contribution in [0.15, 0.2) is 54.7 Å². The third-order valence-electron chi connectivity index (χ3n) is 5.08. The number of rotatable bonds is 4. The van der Waals surface area contributed by atoms with Crippen LogP contribution in [0.2, 0.25) is 0 Å². The molecule has 0 unspecified atom stereocenters. The molecule has 4 aromatic rings. The van der Waals surface area contributed by atoms with E-state index in [1.54, 1.807) is 26.5 Å². The molecule has 7 nitrogen and oxygen atoms in total. The van der Waals surface area contributed by atoms with Crippen LogP contribution in [0.3, 0.4) is 0 Å². The summed E-state index contributed by atoms with van der Waals surface area (Å²) in [4.78, 5) is 8.04. The maximum absolute atomic E-state index is 10.4. The number of fused-ring (bicyclic) bond motifs is 1. The van der Waals surface area contributed by atoms with Crippen LogP contribution in [0.25, 0.3) is 10.8 Å².